The molecule has 20 heavy (non-hydrogen) atoms. The van der Waals surface area contributed by atoms with E-state index < -0.39 is 0 Å². The minimum absolute atomic E-state index is 0.0681. The molecule has 0 spiro atoms. The number of primary amides is 1. The summed E-state index contributed by atoms with van der Waals surface area (Å²) in [7, 11) is 0. The Morgan fingerprint density at radius 2 is 1.85 bits per heavy atom. The maximum atomic E-state index is 12.0. The number of nitrogens with two attached hydrogens (primary N) is 1. The molecule has 1 saturated heterocycles. The fraction of sp³-hybridized carbons (Fsp3) is 0.467. The minimum Gasteiger partial charge on any atom is -0.385 e. The first-order chi connectivity index (χ1) is 9.66. The number of carbonyl (C=O) groups excluding carboxylic acids is 2. The van der Waals surface area contributed by atoms with Gasteiger partial charge in [-0.05, 0) is 25.0 Å². The summed E-state index contributed by atoms with van der Waals surface area (Å²) in [5.74, 6) is -0.180. The van der Waals surface area contributed by atoms with Crippen molar-refractivity contribution in [1.29, 1.82) is 0 Å². The van der Waals surface area contributed by atoms with Gasteiger partial charge in [0, 0.05) is 37.7 Å². The summed E-state index contributed by atoms with van der Waals surface area (Å²) >= 11 is 0. The number of piperidine rings is 1. The third-order valence-corrected chi connectivity index (χ3v) is 3.69. The van der Waals surface area contributed by atoms with Crippen molar-refractivity contribution in [3.63, 3.8) is 0 Å². The molecule has 0 atom stereocenters. The first kappa shape index (κ1) is 14.4. The number of rotatable bonds is 5. The summed E-state index contributed by atoms with van der Waals surface area (Å²) in [5.41, 5.74) is 6.30. The Labute approximate surface area is 119 Å². The molecule has 2 amide bonds. The van der Waals surface area contributed by atoms with E-state index in [1.807, 2.05) is 35.2 Å². The summed E-state index contributed by atoms with van der Waals surface area (Å²) in [4.78, 5) is 24.9. The van der Waals surface area contributed by atoms with Crippen LogP contribution in [0.1, 0.15) is 19.3 Å². The van der Waals surface area contributed by atoms with Crippen molar-refractivity contribution < 1.29 is 9.59 Å². The van der Waals surface area contributed by atoms with Crippen LogP contribution in [0.2, 0.25) is 0 Å². The number of hydrogen-bond acceptors (Lipinski definition) is 3. The number of amides is 2. The maximum absolute atomic E-state index is 12.0. The quantitative estimate of drug-likeness (QED) is 0.848. The molecule has 0 saturated carbocycles. The molecule has 1 fully saturated rings. The normalized spacial score (nSPS) is 15.9. The highest BCUT2D eigenvalue weighted by molar-refractivity contribution is 5.79. The molecule has 3 N–H and O–H groups in total. The zero-order chi connectivity index (χ0) is 14.4. The van der Waals surface area contributed by atoms with Gasteiger partial charge in [-0.2, -0.15) is 0 Å². The van der Waals surface area contributed by atoms with Gasteiger partial charge < -0.3 is 16.0 Å². The lowest BCUT2D eigenvalue weighted by Gasteiger charge is -2.30. The zero-order valence-electron chi connectivity index (χ0n) is 11.5. The third-order valence-electron chi connectivity index (χ3n) is 3.69. The lowest BCUT2D eigenvalue weighted by atomic mass is 9.96. The third kappa shape index (κ3) is 3.98. The number of para-hydroxylation sites is 1. The van der Waals surface area contributed by atoms with E-state index in [0.717, 1.165) is 5.69 Å². The van der Waals surface area contributed by atoms with Crippen LogP contribution in [0.3, 0.4) is 0 Å². The van der Waals surface area contributed by atoms with Gasteiger partial charge in [-0.15, -0.1) is 0 Å². The van der Waals surface area contributed by atoms with Crippen molar-refractivity contribution in [3.05, 3.63) is 30.3 Å². The lowest BCUT2D eigenvalue weighted by Crippen LogP contribution is -2.42. The van der Waals surface area contributed by atoms with E-state index in [1.165, 1.54) is 0 Å². The Morgan fingerprint density at radius 1 is 1.20 bits per heavy atom. The van der Waals surface area contributed by atoms with Gasteiger partial charge in [-0.1, -0.05) is 18.2 Å². The average Bonchev–Trinajstić information content (AvgIpc) is 2.48. The van der Waals surface area contributed by atoms with Crippen LogP contribution in [0.4, 0.5) is 5.69 Å². The number of benzene rings is 1. The smallest absolute Gasteiger partial charge is 0.224 e. The Bertz CT molecular complexity index is 453. The number of hydrogen-bond donors (Lipinski definition) is 2. The van der Waals surface area contributed by atoms with E-state index in [0.29, 0.717) is 38.9 Å². The Morgan fingerprint density at radius 3 is 2.45 bits per heavy atom. The molecule has 0 unspecified atom stereocenters. The first-order valence-electron chi connectivity index (χ1n) is 7.03. The van der Waals surface area contributed by atoms with Gasteiger partial charge in [0.25, 0.3) is 0 Å². The molecule has 1 heterocycles. The van der Waals surface area contributed by atoms with E-state index in [4.69, 9.17) is 5.73 Å². The lowest BCUT2D eigenvalue weighted by molar-refractivity contribution is -0.134. The number of anilines is 1. The summed E-state index contributed by atoms with van der Waals surface area (Å²) in [5, 5.41) is 3.22. The molecule has 0 bridgehead atoms. The van der Waals surface area contributed by atoms with E-state index >= 15 is 0 Å². The van der Waals surface area contributed by atoms with Crippen molar-refractivity contribution >= 4 is 17.5 Å². The average molecular weight is 275 g/mol. The topological polar surface area (TPSA) is 75.4 Å². The second-order valence-corrected chi connectivity index (χ2v) is 5.10. The van der Waals surface area contributed by atoms with E-state index in [-0.39, 0.29) is 17.7 Å². The molecule has 1 aromatic rings. The Hall–Kier alpha value is -2.04. The zero-order valence-corrected chi connectivity index (χ0v) is 11.5. The van der Waals surface area contributed by atoms with E-state index in [2.05, 4.69) is 5.32 Å². The second kappa shape index (κ2) is 6.93. The fourth-order valence-electron chi connectivity index (χ4n) is 2.44. The predicted octanol–water partition coefficient (Wildman–Crippen LogP) is 1.21. The van der Waals surface area contributed by atoms with Crippen LogP contribution in [0.15, 0.2) is 30.3 Å². The molecule has 5 nitrogen and oxygen atoms in total. The summed E-state index contributed by atoms with van der Waals surface area (Å²) in [6, 6.07) is 9.82. The van der Waals surface area contributed by atoms with Gasteiger partial charge in [-0.25, -0.2) is 0 Å². The van der Waals surface area contributed by atoms with Crippen LogP contribution in [-0.4, -0.2) is 36.3 Å². The Balaban J connectivity index is 1.69. The summed E-state index contributed by atoms with van der Waals surface area (Å²) in [6.07, 6.45) is 1.84. The number of likely N-dealkylation sites (tertiary alicyclic amines) is 1. The van der Waals surface area contributed by atoms with Crippen molar-refractivity contribution in [1.82, 2.24) is 4.90 Å². The highest BCUT2D eigenvalue weighted by Crippen LogP contribution is 2.17. The first-order valence-corrected chi connectivity index (χ1v) is 7.03. The van der Waals surface area contributed by atoms with Crippen LogP contribution in [0.25, 0.3) is 0 Å². The molecule has 1 aliphatic heterocycles. The summed E-state index contributed by atoms with van der Waals surface area (Å²) in [6.45, 7) is 1.90. The van der Waals surface area contributed by atoms with Crippen molar-refractivity contribution in [2.75, 3.05) is 25.0 Å². The molecular formula is C15H21N3O2. The van der Waals surface area contributed by atoms with Gasteiger partial charge in [0.05, 0.1) is 0 Å². The molecule has 5 heteroatoms. The predicted molar refractivity (Wildman–Crippen MR) is 78.0 cm³/mol. The number of nitrogens with one attached hydrogen (secondary N) is 1. The maximum Gasteiger partial charge on any atom is 0.224 e. The van der Waals surface area contributed by atoms with Crippen LogP contribution in [0, 0.1) is 5.92 Å². The number of nitrogens with zero attached hydrogens (tertiary/aromatic N) is 1. The summed E-state index contributed by atoms with van der Waals surface area (Å²) < 4.78 is 0. The molecule has 0 aromatic heterocycles. The molecule has 1 aromatic carbocycles. The second-order valence-electron chi connectivity index (χ2n) is 5.10. The van der Waals surface area contributed by atoms with Crippen molar-refractivity contribution in [3.8, 4) is 0 Å². The molecule has 2 rings (SSSR count). The largest absolute Gasteiger partial charge is 0.385 e. The molecule has 0 radical (unpaired) electrons. The molecule has 1 aliphatic rings. The highest BCUT2D eigenvalue weighted by atomic mass is 16.2. The minimum atomic E-state index is -0.247. The molecule has 108 valence electrons. The number of carbonyl (C=O) groups is 2. The van der Waals surface area contributed by atoms with Gasteiger partial charge in [0.15, 0.2) is 0 Å². The van der Waals surface area contributed by atoms with Crippen LogP contribution in [0.5, 0.6) is 0 Å². The van der Waals surface area contributed by atoms with Crippen LogP contribution < -0.4 is 11.1 Å². The SMILES string of the molecule is NC(=O)C1CCN(C(=O)CCNc2ccccc2)CC1. The van der Waals surface area contributed by atoms with E-state index in [9.17, 15) is 9.59 Å². The van der Waals surface area contributed by atoms with Gasteiger partial charge in [0.1, 0.15) is 0 Å². The highest BCUT2D eigenvalue weighted by Gasteiger charge is 2.25. The van der Waals surface area contributed by atoms with E-state index in [1.54, 1.807) is 0 Å². The molecule has 0 aliphatic carbocycles. The molecular weight excluding hydrogens is 254 g/mol. The Kier molecular flexibility index (Phi) is 4.98. The van der Waals surface area contributed by atoms with Crippen molar-refractivity contribution in [2.45, 2.75) is 19.3 Å². The van der Waals surface area contributed by atoms with Crippen LogP contribution >= 0.6 is 0 Å². The monoisotopic (exact) mass is 275 g/mol. The van der Waals surface area contributed by atoms with Crippen molar-refractivity contribution in [2.24, 2.45) is 11.7 Å². The van der Waals surface area contributed by atoms with Crippen LogP contribution in [-0.2, 0) is 9.59 Å². The van der Waals surface area contributed by atoms with Gasteiger partial charge in [0.2, 0.25) is 11.8 Å². The van der Waals surface area contributed by atoms with Gasteiger partial charge >= 0.3 is 0 Å². The van der Waals surface area contributed by atoms with Gasteiger partial charge in [-0.3, -0.25) is 9.59 Å². The standard InChI is InChI=1S/C15H21N3O2/c16-15(20)12-7-10-18(11-8-12)14(19)6-9-17-13-4-2-1-3-5-13/h1-5,12,17H,6-11H2,(H2,16,20). The fourth-order valence-corrected chi connectivity index (χ4v) is 2.44.